The molecule has 0 bridgehead atoms. The number of imidazole rings is 1. The van der Waals surface area contributed by atoms with E-state index in [9.17, 15) is 4.79 Å². The van der Waals surface area contributed by atoms with Crippen molar-refractivity contribution in [3.8, 4) is 17.2 Å². The van der Waals surface area contributed by atoms with Gasteiger partial charge >= 0.3 is 0 Å². The molecule has 4 aromatic rings. The maximum atomic E-state index is 13.0. The zero-order valence-electron chi connectivity index (χ0n) is 22.2. The number of carbonyl (C=O) groups excluding carboxylic acids is 1. The quantitative estimate of drug-likeness (QED) is 0.250. The average Bonchev–Trinajstić information content (AvgIpc) is 3.29. The lowest BCUT2D eigenvalue weighted by Crippen LogP contribution is -2.29. The van der Waals surface area contributed by atoms with Gasteiger partial charge in [0.1, 0.15) is 11.6 Å². The molecule has 0 saturated carbocycles. The standard InChI is InChI=1S/C30H35N3O4/c1-20(2)22-11-14-24(15-12-22)37-18-8-17-33-26-10-7-6-9-25(26)32-29(33)21(3)31-30(34)23-13-16-27(35-4)28(19-23)36-5/h6-7,9-16,19-21H,8,17-18H2,1-5H3,(H,31,34). The fourth-order valence-electron chi connectivity index (χ4n) is 4.34. The van der Waals surface area contributed by atoms with Crippen molar-refractivity contribution in [2.24, 2.45) is 0 Å². The summed E-state index contributed by atoms with van der Waals surface area (Å²) in [4.78, 5) is 17.9. The van der Waals surface area contributed by atoms with Crippen LogP contribution in [0.15, 0.2) is 66.7 Å². The molecule has 1 amide bonds. The van der Waals surface area contributed by atoms with Crippen molar-refractivity contribution in [3.63, 3.8) is 0 Å². The third-order valence-electron chi connectivity index (χ3n) is 6.41. The number of para-hydroxylation sites is 2. The first kappa shape index (κ1) is 26.1. The molecule has 0 aliphatic rings. The van der Waals surface area contributed by atoms with Crippen molar-refractivity contribution >= 4 is 16.9 Å². The highest BCUT2D eigenvalue weighted by molar-refractivity contribution is 5.95. The largest absolute Gasteiger partial charge is 0.494 e. The maximum absolute atomic E-state index is 13.0. The van der Waals surface area contributed by atoms with Gasteiger partial charge in [-0.15, -0.1) is 0 Å². The number of ether oxygens (including phenoxy) is 3. The summed E-state index contributed by atoms with van der Waals surface area (Å²) >= 11 is 0. The lowest BCUT2D eigenvalue weighted by molar-refractivity contribution is 0.0937. The van der Waals surface area contributed by atoms with Crippen LogP contribution in [0.2, 0.25) is 0 Å². The van der Waals surface area contributed by atoms with Gasteiger partial charge in [-0.2, -0.15) is 0 Å². The molecule has 1 aromatic heterocycles. The van der Waals surface area contributed by atoms with E-state index in [-0.39, 0.29) is 11.9 Å². The van der Waals surface area contributed by atoms with Crippen LogP contribution in [0.5, 0.6) is 17.2 Å². The van der Waals surface area contributed by atoms with Gasteiger partial charge in [-0.3, -0.25) is 4.79 Å². The van der Waals surface area contributed by atoms with E-state index in [1.165, 1.54) is 5.56 Å². The molecule has 7 heteroatoms. The number of benzene rings is 3. The monoisotopic (exact) mass is 501 g/mol. The Balaban J connectivity index is 1.45. The highest BCUT2D eigenvalue weighted by Gasteiger charge is 2.20. The Labute approximate surface area is 218 Å². The molecule has 0 aliphatic carbocycles. The summed E-state index contributed by atoms with van der Waals surface area (Å²) in [5.41, 5.74) is 3.72. The van der Waals surface area contributed by atoms with Crippen LogP contribution in [0.4, 0.5) is 0 Å². The number of nitrogens with zero attached hydrogens (tertiary/aromatic N) is 2. The van der Waals surface area contributed by atoms with Crippen LogP contribution < -0.4 is 19.5 Å². The van der Waals surface area contributed by atoms with Crippen molar-refractivity contribution in [3.05, 3.63) is 83.7 Å². The molecule has 1 unspecified atom stereocenters. The predicted octanol–water partition coefficient (Wildman–Crippen LogP) is 6.14. The van der Waals surface area contributed by atoms with Gasteiger partial charge in [0.25, 0.3) is 5.91 Å². The molecule has 37 heavy (non-hydrogen) atoms. The van der Waals surface area contributed by atoms with Crippen molar-refractivity contribution in [1.29, 1.82) is 0 Å². The number of nitrogens with one attached hydrogen (secondary N) is 1. The lowest BCUT2D eigenvalue weighted by Gasteiger charge is -2.17. The number of carbonyl (C=O) groups is 1. The summed E-state index contributed by atoms with van der Waals surface area (Å²) < 4.78 is 18.8. The molecule has 1 N–H and O–H groups in total. The number of methoxy groups -OCH3 is 2. The van der Waals surface area contributed by atoms with Crippen LogP contribution in [0, 0.1) is 0 Å². The third kappa shape index (κ3) is 6.05. The van der Waals surface area contributed by atoms with Crippen LogP contribution >= 0.6 is 0 Å². The molecular weight excluding hydrogens is 466 g/mol. The fourth-order valence-corrected chi connectivity index (χ4v) is 4.34. The lowest BCUT2D eigenvalue weighted by atomic mass is 10.0. The summed E-state index contributed by atoms with van der Waals surface area (Å²) in [5.74, 6) is 3.05. The molecule has 0 spiro atoms. The molecule has 194 valence electrons. The Morgan fingerprint density at radius 1 is 0.946 bits per heavy atom. The molecular formula is C30H35N3O4. The van der Waals surface area contributed by atoms with Crippen molar-refractivity contribution < 1.29 is 19.0 Å². The predicted molar refractivity (Wildman–Crippen MR) is 146 cm³/mol. The van der Waals surface area contributed by atoms with Gasteiger partial charge in [0.2, 0.25) is 0 Å². The second-order valence-corrected chi connectivity index (χ2v) is 9.30. The highest BCUT2D eigenvalue weighted by atomic mass is 16.5. The third-order valence-corrected chi connectivity index (χ3v) is 6.41. The molecule has 4 rings (SSSR count). The van der Waals surface area contributed by atoms with E-state index in [2.05, 4.69) is 41.9 Å². The second-order valence-electron chi connectivity index (χ2n) is 9.30. The van der Waals surface area contributed by atoms with Gasteiger partial charge in [0, 0.05) is 12.1 Å². The second kappa shape index (κ2) is 11.8. The minimum atomic E-state index is -0.308. The smallest absolute Gasteiger partial charge is 0.251 e. The number of hydrogen-bond acceptors (Lipinski definition) is 5. The van der Waals surface area contributed by atoms with Crippen LogP contribution in [0.25, 0.3) is 11.0 Å². The van der Waals surface area contributed by atoms with Crippen LogP contribution in [-0.2, 0) is 6.54 Å². The Kier molecular flexibility index (Phi) is 8.33. The Hall–Kier alpha value is -4.00. The zero-order valence-corrected chi connectivity index (χ0v) is 22.2. The molecule has 0 aliphatic heterocycles. The van der Waals surface area contributed by atoms with Crippen LogP contribution in [0.1, 0.15) is 60.9 Å². The van der Waals surface area contributed by atoms with E-state index in [1.807, 2.05) is 37.3 Å². The van der Waals surface area contributed by atoms with Gasteiger partial charge in [-0.25, -0.2) is 4.98 Å². The van der Waals surface area contributed by atoms with E-state index in [4.69, 9.17) is 19.2 Å². The summed E-state index contributed by atoms with van der Waals surface area (Å²) in [6.45, 7) is 7.61. The highest BCUT2D eigenvalue weighted by Crippen LogP contribution is 2.28. The van der Waals surface area contributed by atoms with E-state index >= 15 is 0 Å². The summed E-state index contributed by atoms with van der Waals surface area (Å²) in [7, 11) is 3.12. The first-order chi connectivity index (χ1) is 17.9. The van der Waals surface area contributed by atoms with Crippen molar-refractivity contribution in [1.82, 2.24) is 14.9 Å². The van der Waals surface area contributed by atoms with Gasteiger partial charge in [0.05, 0.1) is 37.9 Å². The first-order valence-corrected chi connectivity index (χ1v) is 12.6. The molecule has 0 fully saturated rings. The van der Waals surface area contributed by atoms with Gasteiger partial charge in [0.15, 0.2) is 11.5 Å². The minimum Gasteiger partial charge on any atom is -0.494 e. The number of hydrogen-bond donors (Lipinski definition) is 1. The summed E-state index contributed by atoms with van der Waals surface area (Å²) in [6, 6.07) is 21.1. The molecule has 0 radical (unpaired) electrons. The fraction of sp³-hybridized carbons (Fsp3) is 0.333. The van der Waals surface area contributed by atoms with E-state index < -0.39 is 0 Å². The van der Waals surface area contributed by atoms with Gasteiger partial charge in [-0.1, -0.05) is 38.1 Å². The van der Waals surface area contributed by atoms with Crippen LogP contribution in [-0.4, -0.2) is 36.3 Å². The number of aryl methyl sites for hydroxylation is 1. The number of fused-ring (bicyclic) bond motifs is 1. The molecule has 3 aromatic carbocycles. The average molecular weight is 502 g/mol. The SMILES string of the molecule is COc1ccc(C(=O)NC(C)c2nc3ccccc3n2CCCOc2ccc(C(C)C)cc2)cc1OC. The van der Waals surface area contributed by atoms with Crippen molar-refractivity contribution in [2.45, 2.75) is 45.7 Å². The van der Waals surface area contributed by atoms with Crippen molar-refractivity contribution in [2.75, 3.05) is 20.8 Å². The zero-order chi connectivity index (χ0) is 26.4. The Bertz CT molecular complexity index is 1340. The minimum absolute atomic E-state index is 0.208. The van der Waals surface area contributed by atoms with E-state index in [0.29, 0.717) is 29.6 Å². The normalized spacial score (nSPS) is 11.9. The number of rotatable bonds is 11. The maximum Gasteiger partial charge on any atom is 0.251 e. The topological polar surface area (TPSA) is 74.6 Å². The Morgan fingerprint density at radius 3 is 2.38 bits per heavy atom. The Morgan fingerprint density at radius 2 is 1.68 bits per heavy atom. The molecule has 0 saturated heterocycles. The first-order valence-electron chi connectivity index (χ1n) is 12.6. The van der Waals surface area contributed by atoms with Crippen LogP contribution in [0.3, 0.4) is 0 Å². The number of aromatic nitrogens is 2. The van der Waals surface area contributed by atoms with Gasteiger partial charge in [-0.05, 0) is 67.3 Å². The molecule has 1 heterocycles. The summed E-state index contributed by atoms with van der Waals surface area (Å²) in [5, 5.41) is 3.08. The summed E-state index contributed by atoms with van der Waals surface area (Å²) in [6.07, 6.45) is 0.801. The molecule has 7 nitrogen and oxygen atoms in total. The molecule has 1 atom stereocenters. The van der Waals surface area contributed by atoms with Gasteiger partial charge < -0.3 is 24.1 Å². The van der Waals surface area contributed by atoms with E-state index in [1.54, 1.807) is 32.4 Å². The van der Waals surface area contributed by atoms with E-state index in [0.717, 1.165) is 35.6 Å². The number of amides is 1.